The Balaban J connectivity index is 2.07. The molecule has 1 unspecified atom stereocenters. The number of benzene rings is 1. The first-order chi connectivity index (χ1) is 9.38. The highest BCUT2D eigenvalue weighted by molar-refractivity contribution is 7.85. The quantitative estimate of drug-likeness (QED) is 0.852. The Morgan fingerprint density at radius 1 is 1.25 bits per heavy atom. The standard InChI is InChI=1S/C14H15F3O2S/c15-14(16,17)11-6-3-7-12(8-11)20(19)9-13(18)10-4-1-2-5-10/h3,6-8,10H,1-2,4-5,9H2. The molecule has 1 aromatic rings. The molecule has 1 fully saturated rings. The van der Waals surface area contributed by atoms with E-state index in [1.165, 1.54) is 12.1 Å². The average Bonchev–Trinajstić information content (AvgIpc) is 2.91. The van der Waals surface area contributed by atoms with Gasteiger partial charge in [0, 0.05) is 10.8 Å². The van der Waals surface area contributed by atoms with Gasteiger partial charge in [0.05, 0.1) is 22.1 Å². The maximum atomic E-state index is 12.6. The molecule has 1 aliphatic carbocycles. The van der Waals surface area contributed by atoms with Gasteiger partial charge < -0.3 is 0 Å². The highest BCUT2D eigenvalue weighted by Crippen LogP contribution is 2.30. The second kappa shape index (κ2) is 6.08. The largest absolute Gasteiger partial charge is 0.416 e. The second-order valence-electron chi connectivity index (χ2n) is 4.96. The van der Waals surface area contributed by atoms with E-state index in [9.17, 15) is 22.2 Å². The maximum Gasteiger partial charge on any atom is 0.416 e. The van der Waals surface area contributed by atoms with Crippen molar-refractivity contribution in [1.82, 2.24) is 0 Å². The van der Waals surface area contributed by atoms with Crippen molar-refractivity contribution in [2.45, 2.75) is 36.8 Å². The lowest BCUT2D eigenvalue weighted by molar-refractivity contribution is -0.137. The number of carbonyl (C=O) groups is 1. The summed E-state index contributed by atoms with van der Waals surface area (Å²) in [6.45, 7) is 0. The zero-order chi connectivity index (χ0) is 14.8. The Morgan fingerprint density at radius 3 is 2.50 bits per heavy atom. The fraction of sp³-hybridized carbons (Fsp3) is 0.500. The molecule has 1 aromatic carbocycles. The van der Waals surface area contributed by atoms with Gasteiger partial charge in [-0.2, -0.15) is 13.2 Å². The van der Waals surface area contributed by atoms with Crippen LogP contribution in [0.2, 0.25) is 0 Å². The van der Waals surface area contributed by atoms with Gasteiger partial charge in [-0.25, -0.2) is 0 Å². The minimum atomic E-state index is -4.46. The second-order valence-corrected chi connectivity index (χ2v) is 6.41. The van der Waals surface area contributed by atoms with Gasteiger partial charge in [0.15, 0.2) is 0 Å². The molecule has 0 aromatic heterocycles. The van der Waals surface area contributed by atoms with Gasteiger partial charge in [0.25, 0.3) is 0 Å². The van der Waals surface area contributed by atoms with E-state index in [2.05, 4.69) is 0 Å². The normalized spacial score (nSPS) is 18.1. The zero-order valence-corrected chi connectivity index (χ0v) is 11.6. The van der Waals surface area contributed by atoms with E-state index in [-0.39, 0.29) is 22.3 Å². The molecule has 0 bridgehead atoms. The van der Waals surface area contributed by atoms with Crippen molar-refractivity contribution in [3.8, 4) is 0 Å². The summed E-state index contributed by atoms with van der Waals surface area (Å²) in [5, 5.41) is 0. The lowest BCUT2D eigenvalue weighted by Gasteiger charge is -2.10. The van der Waals surface area contributed by atoms with E-state index < -0.39 is 22.5 Å². The first kappa shape index (κ1) is 15.2. The number of rotatable bonds is 4. The van der Waals surface area contributed by atoms with Crippen LogP contribution in [0.4, 0.5) is 13.2 Å². The molecule has 1 saturated carbocycles. The van der Waals surface area contributed by atoms with Gasteiger partial charge >= 0.3 is 6.18 Å². The van der Waals surface area contributed by atoms with E-state index in [1.807, 2.05) is 0 Å². The molecule has 0 spiro atoms. The van der Waals surface area contributed by atoms with Crippen molar-refractivity contribution in [3.63, 3.8) is 0 Å². The third-order valence-corrected chi connectivity index (χ3v) is 4.83. The van der Waals surface area contributed by atoms with Crippen LogP contribution in [0.1, 0.15) is 31.2 Å². The summed E-state index contributed by atoms with van der Waals surface area (Å²) in [4.78, 5) is 12.0. The number of ketones is 1. The molecule has 1 atom stereocenters. The molecule has 110 valence electrons. The van der Waals surface area contributed by atoms with Crippen molar-refractivity contribution >= 4 is 16.6 Å². The molecule has 20 heavy (non-hydrogen) atoms. The molecular formula is C14H15F3O2S. The molecule has 0 radical (unpaired) electrons. The fourth-order valence-electron chi connectivity index (χ4n) is 2.39. The molecule has 0 N–H and O–H groups in total. The molecule has 0 saturated heterocycles. The zero-order valence-electron chi connectivity index (χ0n) is 10.8. The SMILES string of the molecule is O=C(CS(=O)c1cccc(C(F)(F)F)c1)C1CCCC1. The van der Waals surface area contributed by atoms with Crippen molar-refractivity contribution in [2.75, 3.05) is 5.75 Å². The van der Waals surface area contributed by atoms with Crippen LogP contribution in [0.25, 0.3) is 0 Å². The van der Waals surface area contributed by atoms with Crippen LogP contribution in [0.15, 0.2) is 29.2 Å². The van der Waals surface area contributed by atoms with Gasteiger partial charge in [-0.1, -0.05) is 18.9 Å². The van der Waals surface area contributed by atoms with Gasteiger partial charge in [-0.15, -0.1) is 0 Å². The molecule has 1 aliphatic rings. The summed E-state index contributed by atoms with van der Waals surface area (Å²) in [6.07, 6.45) is -0.869. The molecule has 2 nitrogen and oxygen atoms in total. The van der Waals surface area contributed by atoms with Gasteiger partial charge in [-0.05, 0) is 31.0 Å². The summed E-state index contributed by atoms with van der Waals surface area (Å²) in [5.41, 5.74) is -0.836. The van der Waals surface area contributed by atoms with Crippen LogP contribution in [-0.2, 0) is 21.8 Å². The summed E-state index contributed by atoms with van der Waals surface area (Å²) in [7, 11) is -1.70. The Hall–Kier alpha value is -1.17. The summed E-state index contributed by atoms with van der Waals surface area (Å²) in [6, 6.07) is 4.38. The van der Waals surface area contributed by atoms with Crippen LogP contribution >= 0.6 is 0 Å². The van der Waals surface area contributed by atoms with E-state index in [1.54, 1.807) is 0 Å². The third kappa shape index (κ3) is 3.69. The summed E-state index contributed by atoms with van der Waals surface area (Å²) >= 11 is 0. The minimum Gasteiger partial charge on any atom is -0.298 e. The first-order valence-electron chi connectivity index (χ1n) is 6.46. The predicted molar refractivity (Wildman–Crippen MR) is 69.7 cm³/mol. The maximum absolute atomic E-state index is 12.6. The third-order valence-electron chi connectivity index (χ3n) is 3.51. The topological polar surface area (TPSA) is 34.1 Å². The van der Waals surface area contributed by atoms with Crippen molar-refractivity contribution < 1.29 is 22.2 Å². The molecule has 0 aliphatic heterocycles. The number of hydrogen-bond donors (Lipinski definition) is 0. The molecule has 6 heteroatoms. The van der Waals surface area contributed by atoms with Crippen molar-refractivity contribution in [3.05, 3.63) is 29.8 Å². The smallest absolute Gasteiger partial charge is 0.298 e. The number of halogens is 3. The van der Waals surface area contributed by atoms with E-state index in [0.717, 1.165) is 37.8 Å². The molecule has 0 heterocycles. The van der Waals surface area contributed by atoms with Gasteiger partial charge in [-0.3, -0.25) is 9.00 Å². The monoisotopic (exact) mass is 304 g/mol. The highest BCUT2D eigenvalue weighted by atomic mass is 32.2. The van der Waals surface area contributed by atoms with Crippen LogP contribution in [-0.4, -0.2) is 15.7 Å². The molecule has 0 amide bonds. The van der Waals surface area contributed by atoms with Crippen molar-refractivity contribution in [2.24, 2.45) is 5.92 Å². The van der Waals surface area contributed by atoms with Crippen LogP contribution in [0.5, 0.6) is 0 Å². The van der Waals surface area contributed by atoms with Crippen LogP contribution in [0.3, 0.4) is 0 Å². The van der Waals surface area contributed by atoms with Crippen LogP contribution < -0.4 is 0 Å². The molecular weight excluding hydrogens is 289 g/mol. The fourth-order valence-corrected chi connectivity index (χ4v) is 3.54. The number of alkyl halides is 3. The number of carbonyl (C=O) groups excluding carboxylic acids is 1. The van der Waals surface area contributed by atoms with E-state index >= 15 is 0 Å². The van der Waals surface area contributed by atoms with E-state index in [0.29, 0.717) is 0 Å². The van der Waals surface area contributed by atoms with E-state index in [4.69, 9.17) is 0 Å². The summed E-state index contributed by atoms with van der Waals surface area (Å²) in [5.74, 6) is -0.352. The van der Waals surface area contributed by atoms with Crippen LogP contribution in [0, 0.1) is 5.92 Å². The lowest BCUT2D eigenvalue weighted by atomic mass is 10.0. The Morgan fingerprint density at radius 2 is 1.90 bits per heavy atom. The Bertz CT molecular complexity index is 519. The Kier molecular flexibility index (Phi) is 4.62. The minimum absolute atomic E-state index is 0.0613. The van der Waals surface area contributed by atoms with Crippen molar-refractivity contribution in [1.29, 1.82) is 0 Å². The Labute approximate surface area is 117 Å². The first-order valence-corrected chi connectivity index (χ1v) is 7.78. The molecule has 2 rings (SSSR count). The number of hydrogen-bond acceptors (Lipinski definition) is 2. The average molecular weight is 304 g/mol. The summed E-state index contributed by atoms with van der Waals surface area (Å²) < 4.78 is 49.7. The predicted octanol–water partition coefficient (Wildman–Crippen LogP) is 3.57. The number of Topliss-reactive ketones (excluding diaryl/α,β-unsaturated/α-hetero) is 1. The van der Waals surface area contributed by atoms with Gasteiger partial charge in [0.1, 0.15) is 5.78 Å². The lowest BCUT2D eigenvalue weighted by Crippen LogP contribution is -2.19. The van der Waals surface area contributed by atoms with Gasteiger partial charge in [0.2, 0.25) is 0 Å². The highest BCUT2D eigenvalue weighted by Gasteiger charge is 2.31.